The molecular formula is C26H28ClNO11. The fourth-order valence-electron chi connectivity index (χ4n) is 5.55. The number of benzene rings is 2. The second-order valence-electron chi connectivity index (χ2n) is 9.88. The molecule has 1 saturated heterocycles. The van der Waals surface area contributed by atoms with Crippen LogP contribution in [-0.2, 0) is 20.7 Å². The van der Waals surface area contributed by atoms with E-state index in [1.807, 2.05) is 0 Å². The number of halogens is 1. The summed E-state index contributed by atoms with van der Waals surface area (Å²) in [6.07, 6.45) is -5.42. The van der Waals surface area contributed by atoms with Gasteiger partial charge in [-0.1, -0.05) is 12.1 Å². The van der Waals surface area contributed by atoms with Gasteiger partial charge in [0, 0.05) is 42.0 Å². The second-order valence-corrected chi connectivity index (χ2v) is 9.88. The molecule has 0 aromatic heterocycles. The minimum absolute atomic E-state index is 0. The molecule has 3 aliphatic rings. The topological polar surface area (TPSA) is 206 Å². The van der Waals surface area contributed by atoms with E-state index in [0.717, 1.165) is 0 Å². The second kappa shape index (κ2) is 10.0. The van der Waals surface area contributed by atoms with Crippen molar-refractivity contribution >= 4 is 29.9 Å². The maximum Gasteiger partial charge on any atom is 0.336 e. The van der Waals surface area contributed by atoms with E-state index in [4.69, 9.17) is 19.9 Å². The number of hydrogen-bond acceptors (Lipinski definition) is 11. The van der Waals surface area contributed by atoms with Crippen LogP contribution in [0.15, 0.2) is 18.2 Å². The largest absolute Gasteiger partial charge is 0.507 e. The Bertz CT molecular complexity index is 1370. The lowest BCUT2D eigenvalue weighted by Gasteiger charge is -2.41. The number of carboxylic acid groups (broad SMARTS) is 1. The number of aromatic hydroxyl groups is 2. The average Bonchev–Trinajstić information content (AvgIpc) is 2.87. The monoisotopic (exact) mass is 565 g/mol. The highest BCUT2D eigenvalue weighted by Crippen LogP contribution is 2.52. The number of rotatable bonds is 4. The molecule has 7 N–H and O–H groups in total. The summed E-state index contributed by atoms with van der Waals surface area (Å²) in [5.74, 6) is -4.52. The predicted molar refractivity (Wildman–Crippen MR) is 135 cm³/mol. The number of carbonyl (C=O) groups is 3. The number of phenolic OH excluding ortho intramolecular Hbond substituents is 2. The van der Waals surface area contributed by atoms with E-state index in [9.17, 15) is 39.9 Å². The molecule has 0 radical (unpaired) electrons. The zero-order valence-electron chi connectivity index (χ0n) is 20.9. The number of aliphatic carboxylic acids is 1. The molecule has 0 spiro atoms. The third kappa shape index (κ3) is 4.33. The highest BCUT2D eigenvalue weighted by atomic mass is 35.5. The SMILES string of the molecule is COc1cccc2c1C(=O)c1c(O)c3c(c(O)c1C2=O)C[C@@](O)(C(=O)O)C[C@@H]3O[C@H]1C[C@@H](N)[C@H](O)C(C)O1.Cl. The van der Waals surface area contributed by atoms with Crippen molar-refractivity contribution in [2.24, 2.45) is 5.73 Å². The van der Waals surface area contributed by atoms with Crippen LogP contribution >= 0.6 is 12.4 Å². The van der Waals surface area contributed by atoms with Gasteiger partial charge in [-0.25, -0.2) is 4.79 Å². The minimum atomic E-state index is -2.44. The first-order valence-electron chi connectivity index (χ1n) is 12.0. The van der Waals surface area contributed by atoms with E-state index in [0.29, 0.717) is 0 Å². The van der Waals surface area contributed by atoms with E-state index in [2.05, 4.69) is 0 Å². The molecule has 2 aliphatic carbocycles. The average molecular weight is 566 g/mol. The van der Waals surface area contributed by atoms with Crippen molar-refractivity contribution in [1.29, 1.82) is 0 Å². The summed E-state index contributed by atoms with van der Waals surface area (Å²) in [5, 5.41) is 53.5. The number of nitrogens with two attached hydrogens (primary N) is 1. The van der Waals surface area contributed by atoms with Crippen LogP contribution in [0.25, 0.3) is 0 Å². The first kappa shape index (κ1) is 28.7. The first-order chi connectivity index (χ1) is 17.9. The summed E-state index contributed by atoms with van der Waals surface area (Å²) < 4.78 is 16.9. The number of phenols is 2. The van der Waals surface area contributed by atoms with Gasteiger partial charge in [-0.2, -0.15) is 0 Å². The number of ether oxygens (including phenoxy) is 3. The number of aliphatic hydroxyl groups is 2. The van der Waals surface area contributed by atoms with Gasteiger partial charge < -0.3 is 45.5 Å². The number of fused-ring (bicyclic) bond motifs is 3. The van der Waals surface area contributed by atoms with Crippen LogP contribution in [0.4, 0.5) is 0 Å². The van der Waals surface area contributed by atoms with Crippen LogP contribution in [0, 0.1) is 0 Å². The van der Waals surface area contributed by atoms with E-state index in [1.165, 1.54) is 25.3 Å². The Balaban J connectivity index is 0.00000353. The van der Waals surface area contributed by atoms with Gasteiger partial charge in [0.2, 0.25) is 5.78 Å². The normalized spacial score (nSPS) is 29.5. The molecule has 39 heavy (non-hydrogen) atoms. The van der Waals surface area contributed by atoms with Gasteiger partial charge >= 0.3 is 5.97 Å². The lowest BCUT2D eigenvalue weighted by Crippen LogP contribution is -2.52. The van der Waals surface area contributed by atoms with Gasteiger partial charge in [-0.05, 0) is 13.0 Å². The summed E-state index contributed by atoms with van der Waals surface area (Å²) in [6, 6.07) is 3.60. The lowest BCUT2D eigenvalue weighted by atomic mass is 9.73. The fourth-order valence-corrected chi connectivity index (χ4v) is 5.55. The lowest BCUT2D eigenvalue weighted by molar-refractivity contribution is -0.248. The number of carbonyl (C=O) groups excluding carboxylic acids is 2. The maximum absolute atomic E-state index is 13.6. The molecule has 210 valence electrons. The number of hydrogen-bond donors (Lipinski definition) is 6. The van der Waals surface area contributed by atoms with Crippen LogP contribution in [-0.4, -0.2) is 80.3 Å². The molecule has 2 aromatic carbocycles. The van der Waals surface area contributed by atoms with Gasteiger partial charge in [0.25, 0.3) is 0 Å². The Morgan fingerprint density at radius 3 is 2.41 bits per heavy atom. The van der Waals surface area contributed by atoms with Crippen molar-refractivity contribution in [2.75, 3.05) is 7.11 Å². The molecule has 12 nitrogen and oxygen atoms in total. The Morgan fingerprint density at radius 2 is 1.79 bits per heavy atom. The minimum Gasteiger partial charge on any atom is -0.507 e. The third-order valence-electron chi connectivity index (χ3n) is 7.54. The molecule has 0 bridgehead atoms. The number of ketones is 2. The number of methoxy groups -OCH3 is 1. The van der Waals surface area contributed by atoms with Crippen molar-refractivity contribution < 1.29 is 54.1 Å². The molecule has 1 unspecified atom stereocenters. The van der Waals surface area contributed by atoms with Crippen LogP contribution in [0.5, 0.6) is 17.2 Å². The Kier molecular flexibility index (Phi) is 7.40. The van der Waals surface area contributed by atoms with Crippen LogP contribution in [0.3, 0.4) is 0 Å². The molecule has 6 atom stereocenters. The molecule has 2 aromatic rings. The predicted octanol–water partition coefficient (Wildman–Crippen LogP) is 0.946. The van der Waals surface area contributed by atoms with Gasteiger partial charge in [-0.3, -0.25) is 9.59 Å². The molecule has 1 aliphatic heterocycles. The zero-order valence-corrected chi connectivity index (χ0v) is 21.7. The Morgan fingerprint density at radius 1 is 1.13 bits per heavy atom. The van der Waals surface area contributed by atoms with E-state index >= 15 is 0 Å². The van der Waals surface area contributed by atoms with Crippen molar-refractivity contribution in [3.05, 3.63) is 51.6 Å². The Labute approximate surface area is 228 Å². The van der Waals surface area contributed by atoms with E-state index in [-0.39, 0.29) is 46.8 Å². The molecular weight excluding hydrogens is 538 g/mol. The highest BCUT2D eigenvalue weighted by Gasteiger charge is 2.50. The Hall–Kier alpha value is -3.26. The quantitative estimate of drug-likeness (QED) is 0.244. The van der Waals surface area contributed by atoms with Gasteiger partial charge in [-0.15, -0.1) is 12.4 Å². The molecule has 1 fully saturated rings. The molecule has 5 rings (SSSR count). The van der Waals surface area contributed by atoms with Crippen molar-refractivity contribution in [3.63, 3.8) is 0 Å². The standard InChI is InChI=1S/C26H27NO11.ClH/c1-9-20(28)12(27)6-15(37-9)38-14-8-26(35,25(33)34)7-11-17(14)24(32)19-18(22(11)30)21(29)10-4-3-5-13(36-2)16(10)23(19)31;/h3-5,9,12,14-15,20,28,30,32,35H,6-8,27H2,1-2H3,(H,33,34);1H/t9?,12-,14+,15+,20-,26+;/m1./s1. The number of carboxylic acids is 1. The molecule has 1 heterocycles. The third-order valence-corrected chi connectivity index (χ3v) is 7.54. The van der Waals surface area contributed by atoms with Crippen LogP contribution in [0.1, 0.15) is 68.8 Å². The van der Waals surface area contributed by atoms with E-state index in [1.54, 1.807) is 6.92 Å². The first-order valence-corrected chi connectivity index (χ1v) is 12.0. The van der Waals surface area contributed by atoms with Crippen molar-refractivity contribution in [1.82, 2.24) is 0 Å². The summed E-state index contributed by atoms with van der Waals surface area (Å²) >= 11 is 0. The van der Waals surface area contributed by atoms with E-state index < -0.39 is 89.2 Å². The van der Waals surface area contributed by atoms with Crippen molar-refractivity contribution in [2.45, 2.75) is 62.4 Å². The fraction of sp³-hybridized carbons (Fsp3) is 0.423. The highest BCUT2D eigenvalue weighted by molar-refractivity contribution is 6.31. The van der Waals surface area contributed by atoms with Gasteiger partial charge in [0.1, 0.15) is 17.2 Å². The van der Waals surface area contributed by atoms with Crippen LogP contribution in [0.2, 0.25) is 0 Å². The summed E-state index contributed by atoms with van der Waals surface area (Å²) in [5.41, 5.74) is 1.98. The van der Waals surface area contributed by atoms with Gasteiger partial charge in [0.05, 0.1) is 42.1 Å². The van der Waals surface area contributed by atoms with Gasteiger partial charge in [0.15, 0.2) is 17.7 Å². The molecule has 0 saturated carbocycles. The maximum atomic E-state index is 13.6. The number of aliphatic hydroxyl groups excluding tert-OH is 1. The summed E-state index contributed by atoms with van der Waals surface area (Å²) in [4.78, 5) is 39.1. The van der Waals surface area contributed by atoms with Crippen LogP contribution < -0.4 is 10.5 Å². The summed E-state index contributed by atoms with van der Waals surface area (Å²) in [6.45, 7) is 1.57. The van der Waals surface area contributed by atoms with Crippen molar-refractivity contribution in [3.8, 4) is 17.2 Å². The smallest absolute Gasteiger partial charge is 0.336 e. The summed E-state index contributed by atoms with van der Waals surface area (Å²) in [7, 11) is 1.32. The molecule has 13 heteroatoms. The zero-order chi connectivity index (χ0) is 27.7. The molecule has 0 amide bonds.